The van der Waals surface area contributed by atoms with Crippen molar-refractivity contribution in [3.8, 4) is 0 Å². The standard InChI is InChI=1S/C16H12N2O4/c1-21-15(19)9-5-3-7-11-13(9)17-12-8-4-6-10(14(12)18-11)16(20)22-2/h3-8H,1-2H3. The second-order valence-corrected chi connectivity index (χ2v) is 4.55. The Labute approximate surface area is 125 Å². The summed E-state index contributed by atoms with van der Waals surface area (Å²) < 4.78 is 9.51. The molecule has 0 aliphatic carbocycles. The maximum atomic E-state index is 11.8. The van der Waals surface area contributed by atoms with Gasteiger partial charge in [-0.25, -0.2) is 19.6 Å². The minimum Gasteiger partial charge on any atom is -0.465 e. The topological polar surface area (TPSA) is 78.4 Å². The molecule has 1 heterocycles. The minimum absolute atomic E-state index is 0.331. The molecule has 6 heteroatoms. The average molecular weight is 296 g/mol. The highest BCUT2D eigenvalue weighted by Gasteiger charge is 2.16. The third kappa shape index (κ3) is 2.14. The van der Waals surface area contributed by atoms with Crippen LogP contribution < -0.4 is 0 Å². The van der Waals surface area contributed by atoms with E-state index >= 15 is 0 Å². The zero-order chi connectivity index (χ0) is 15.7. The summed E-state index contributed by atoms with van der Waals surface area (Å²) in [5, 5.41) is 0. The van der Waals surface area contributed by atoms with Crippen LogP contribution in [0.15, 0.2) is 36.4 Å². The van der Waals surface area contributed by atoms with Crippen molar-refractivity contribution in [3.63, 3.8) is 0 Å². The minimum atomic E-state index is -0.483. The van der Waals surface area contributed by atoms with E-state index in [4.69, 9.17) is 9.47 Å². The molecule has 0 N–H and O–H groups in total. The van der Waals surface area contributed by atoms with E-state index in [-0.39, 0.29) is 0 Å². The Balaban J connectivity index is 2.36. The molecule has 0 fully saturated rings. The van der Waals surface area contributed by atoms with Crippen LogP contribution in [0.5, 0.6) is 0 Å². The monoisotopic (exact) mass is 296 g/mol. The smallest absolute Gasteiger partial charge is 0.340 e. The third-order valence-corrected chi connectivity index (χ3v) is 3.30. The lowest BCUT2D eigenvalue weighted by Crippen LogP contribution is -2.06. The number of ether oxygens (including phenoxy) is 2. The first-order valence-corrected chi connectivity index (χ1v) is 6.52. The van der Waals surface area contributed by atoms with Crippen molar-refractivity contribution in [2.24, 2.45) is 0 Å². The molecule has 1 aromatic heterocycles. The van der Waals surface area contributed by atoms with Crippen molar-refractivity contribution in [3.05, 3.63) is 47.5 Å². The van der Waals surface area contributed by atoms with Crippen LogP contribution >= 0.6 is 0 Å². The molecule has 0 aliphatic rings. The van der Waals surface area contributed by atoms with Gasteiger partial charge in [0, 0.05) is 0 Å². The Kier molecular flexibility index (Phi) is 3.42. The Morgan fingerprint density at radius 3 is 1.55 bits per heavy atom. The lowest BCUT2D eigenvalue weighted by atomic mass is 10.1. The van der Waals surface area contributed by atoms with Crippen molar-refractivity contribution in [1.29, 1.82) is 0 Å². The maximum Gasteiger partial charge on any atom is 0.340 e. The number of para-hydroxylation sites is 2. The molecule has 0 radical (unpaired) electrons. The summed E-state index contributed by atoms with van der Waals surface area (Å²) in [4.78, 5) is 32.5. The summed E-state index contributed by atoms with van der Waals surface area (Å²) in [5.41, 5.74) is 2.54. The van der Waals surface area contributed by atoms with Gasteiger partial charge in [-0.1, -0.05) is 12.1 Å². The fourth-order valence-electron chi connectivity index (χ4n) is 2.27. The maximum absolute atomic E-state index is 11.8. The van der Waals surface area contributed by atoms with Gasteiger partial charge >= 0.3 is 11.9 Å². The summed E-state index contributed by atoms with van der Waals surface area (Å²) in [6.07, 6.45) is 0. The molecule has 0 atom stereocenters. The molecule has 110 valence electrons. The predicted molar refractivity (Wildman–Crippen MR) is 79.7 cm³/mol. The van der Waals surface area contributed by atoms with Gasteiger partial charge < -0.3 is 9.47 Å². The first-order valence-electron chi connectivity index (χ1n) is 6.52. The summed E-state index contributed by atoms with van der Waals surface area (Å²) in [6, 6.07) is 10.1. The number of aromatic nitrogens is 2. The molecule has 22 heavy (non-hydrogen) atoms. The number of carbonyl (C=O) groups excluding carboxylic acids is 2. The number of hydrogen-bond acceptors (Lipinski definition) is 6. The SMILES string of the molecule is COC(=O)c1cccc2nc3c(C(=O)OC)cccc3nc12. The average Bonchev–Trinajstić information content (AvgIpc) is 2.57. The Morgan fingerprint density at radius 1 is 0.773 bits per heavy atom. The molecular weight excluding hydrogens is 284 g/mol. The first-order chi connectivity index (χ1) is 10.7. The van der Waals surface area contributed by atoms with E-state index in [1.165, 1.54) is 14.2 Å². The molecule has 0 saturated heterocycles. The number of nitrogens with zero attached hydrogens (tertiary/aromatic N) is 2. The van der Waals surface area contributed by atoms with Gasteiger partial charge in [0.25, 0.3) is 0 Å². The van der Waals surface area contributed by atoms with Gasteiger partial charge in [-0.15, -0.1) is 0 Å². The molecule has 0 saturated carbocycles. The Hall–Kier alpha value is -3.02. The summed E-state index contributed by atoms with van der Waals surface area (Å²) >= 11 is 0. The van der Waals surface area contributed by atoms with Gasteiger partial charge in [-0.05, 0) is 24.3 Å². The largest absolute Gasteiger partial charge is 0.465 e. The van der Waals surface area contributed by atoms with Gasteiger partial charge in [0.2, 0.25) is 0 Å². The summed E-state index contributed by atoms with van der Waals surface area (Å²) in [6.45, 7) is 0. The highest BCUT2D eigenvalue weighted by Crippen LogP contribution is 2.22. The highest BCUT2D eigenvalue weighted by atomic mass is 16.5. The molecule has 3 aromatic rings. The van der Waals surface area contributed by atoms with Crippen molar-refractivity contribution in [2.45, 2.75) is 0 Å². The van der Waals surface area contributed by atoms with E-state index < -0.39 is 11.9 Å². The predicted octanol–water partition coefficient (Wildman–Crippen LogP) is 2.36. The van der Waals surface area contributed by atoms with Gasteiger partial charge in [0.05, 0.1) is 36.4 Å². The second kappa shape index (κ2) is 5.40. The summed E-state index contributed by atoms with van der Waals surface area (Å²) in [5.74, 6) is -0.966. The van der Waals surface area contributed by atoms with Crippen LogP contribution in [0.4, 0.5) is 0 Å². The van der Waals surface area contributed by atoms with Crippen LogP contribution in [-0.4, -0.2) is 36.1 Å². The molecule has 3 rings (SSSR count). The van der Waals surface area contributed by atoms with Crippen molar-refractivity contribution in [1.82, 2.24) is 9.97 Å². The number of carbonyl (C=O) groups is 2. The van der Waals surface area contributed by atoms with Crippen LogP contribution in [0, 0.1) is 0 Å². The van der Waals surface area contributed by atoms with E-state index in [9.17, 15) is 9.59 Å². The van der Waals surface area contributed by atoms with E-state index in [1.54, 1.807) is 36.4 Å². The second-order valence-electron chi connectivity index (χ2n) is 4.55. The van der Waals surface area contributed by atoms with Crippen molar-refractivity contribution >= 4 is 34.0 Å². The fraction of sp³-hybridized carbons (Fsp3) is 0.125. The lowest BCUT2D eigenvalue weighted by Gasteiger charge is -2.07. The van der Waals surface area contributed by atoms with Crippen LogP contribution in [0.3, 0.4) is 0 Å². The zero-order valence-corrected chi connectivity index (χ0v) is 12.0. The number of fused-ring (bicyclic) bond motifs is 2. The molecule has 0 aliphatic heterocycles. The molecule has 0 spiro atoms. The quantitative estimate of drug-likeness (QED) is 0.533. The lowest BCUT2D eigenvalue weighted by molar-refractivity contribution is 0.0593. The molecule has 2 aromatic carbocycles. The van der Waals surface area contributed by atoms with Crippen LogP contribution in [0.1, 0.15) is 20.7 Å². The molecule has 6 nitrogen and oxygen atoms in total. The number of esters is 2. The highest BCUT2D eigenvalue weighted by molar-refractivity contribution is 6.06. The van der Waals surface area contributed by atoms with E-state index in [0.29, 0.717) is 33.2 Å². The third-order valence-electron chi connectivity index (χ3n) is 3.30. The van der Waals surface area contributed by atoms with E-state index in [1.807, 2.05) is 0 Å². The molecular formula is C16H12N2O4. The number of rotatable bonds is 2. The van der Waals surface area contributed by atoms with Crippen molar-refractivity contribution in [2.75, 3.05) is 14.2 Å². The first kappa shape index (κ1) is 13.9. The Morgan fingerprint density at radius 2 is 1.18 bits per heavy atom. The summed E-state index contributed by atoms with van der Waals surface area (Å²) in [7, 11) is 2.62. The van der Waals surface area contributed by atoms with E-state index in [2.05, 4.69) is 9.97 Å². The van der Waals surface area contributed by atoms with Crippen molar-refractivity contribution < 1.29 is 19.1 Å². The van der Waals surface area contributed by atoms with Gasteiger partial charge in [0.15, 0.2) is 0 Å². The number of hydrogen-bond donors (Lipinski definition) is 0. The van der Waals surface area contributed by atoms with Gasteiger partial charge in [-0.2, -0.15) is 0 Å². The number of benzene rings is 2. The molecule has 0 bridgehead atoms. The molecule has 0 amide bonds. The number of methoxy groups -OCH3 is 2. The zero-order valence-electron chi connectivity index (χ0n) is 12.0. The van der Waals surface area contributed by atoms with Crippen LogP contribution in [-0.2, 0) is 9.47 Å². The molecule has 0 unspecified atom stereocenters. The van der Waals surface area contributed by atoms with Crippen LogP contribution in [0.25, 0.3) is 22.1 Å². The van der Waals surface area contributed by atoms with Crippen LogP contribution in [0.2, 0.25) is 0 Å². The van der Waals surface area contributed by atoms with Gasteiger partial charge in [-0.3, -0.25) is 0 Å². The Bertz CT molecular complexity index is 830. The fourth-order valence-corrected chi connectivity index (χ4v) is 2.27. The van der Waals surface area contributed by atoms with Gasteiger partial charge in [0.1, 0.15) is 11.0 Å². The normalized spacial score (nSPS) is 10.6. The van der Waals surface area contributed by atoms with E-state index in [0.717, 1.165) is 0 Å².